The summed E-state index contributed by atoms with van der Waals surface area (Å²) < 4.78 is 5.25. The maximum absolute atomic E-state index is 12.9. The van der Waals surface area contributed by atoms with E-state index in [1.807, 2.05) is 19.1 Å². The second-order valence-electron chi connectivity index (χ2n) is 7.05. The van der Waals surface area contributed by atoms with E-state index in [4.69, 9.17) is 9.84 Å². The molecule has 1 saturated heterocycles. The number of carbonyl (C=O) groups excluding carboxylic acids is 2. The van der Waals surface area contributed by atoms with Crippen molar-refractivity contribution in [3.63, 3.8) is 0 Å². The molecule has 1 aliphatic heterocycles. The average Bonchev–Trinajstić information content (AvgIpc) is 3.01. The molecule has 9 heteroatoms. The van der Waals surface area contributed by atoms with E-state index in [-0.39, 0.29) is 43.2 Å². The van der Waals surface area contributed by atoms with E-state index in [0.29, 0.717) is 5.56 Å². The highest BCUT2D eigenvalue weighted by molar-refractivity contribution is 6.46. The van der Waals surface area contributed by atoms with Crippen molar-refractivity contribution in [3.05, 3.63) is 80.9 Å². The second-order valence-corrected chi connectivity index (χ2v) is 7.05. The molecule has 1 fully saturated rings. The number of amides is 1. The average molecular weight is 426 g/mol. The fourth-order valence-corrected chi connectivity index (χ4v) is 3.46. The SMILES string of the molecule is Cc1ccc(C2C(=C(O)c3cccc([N+](=O)[O-])c3)C(=O)C(=O)N2CCOCCO)cc1. The van der Waals surface area contributed by atoms with E-state index in [1.54, 1.807) is 12.1 Å². The molecule has 2 aromatic carbocycles. The lowest BCUT2D eigenvalue weighted by molar-refractivity contribution is -0.384. The van der Waals surface area contributed by atoms with Gasteiger partial charge < -0.3 is 19.8 Å². The number of ketones is 1. The molecule has 1 amide bonds. The number of nitro benzene ring substituents is 1. The number of hydrogen-bond acceptors (Lipinski definition) is 7. The molecule has 0 radical (unpaired) electrons. The smallest absolute Gasteiger partial charge is 0.295 e. The number of aliphatic hydroxyl groups is 2. The van der Waals surface area contributed by atoms with E-state index < -0.39 is 28.4 Å². The fraction of sp³-hybridized carbons (Fsp3) is 0.273. The lowest BCUT2D eigenvalue weighted by Crippen LogP contribution is -2.33. The molecule has 0 aliphatic carbocycles. The molecule has 1 atom stereocenters. The van der Waals surface area contributed by atoms with Crippen LogP contribution in [-0.4, -0.2) is 58.1 Å². The topological polar surface area (TPSA) is 130 Å². The van der Waals surface area contributed by atoms with E-state index in [1.165, 1.54) is 23.1 Å². The van der Waals surface area contributed by atoms with Crippen LogP contribution >= 0.6 is 0 Å². The minimum absolute atomic E-state index is 0.0643. The van der Waals surface area contributed by atoms with Gasteiger partial charge in [-0.25, -0.2) is 0 Å². The van der Waals surface area contributed by atoms with Gasteiger partial charge in [-0.15, -0.1) is 0 Å². The zero-order valence-electron chi connectivity index (χ0n) is 16.9. The molecular formula is C22H22N2O7. The van der Waals surface area contributed by atoms with Crippen molar-refractivity contribution < 1.29 is 29.5 Å². The van der Waals surface area contributed by atoms with Crippen molar-refractivity contribution in [3.8, 4) is 0 Å². The van der Waals surface area contributed by atoms with E-state index >= 15 is 0 Å². The summed E-state index contributed by atoms with van der Waals surface area (Å²) in [6.07, 6.45) is 0. The largest absolute Gasteiger partial charge is 0.507 e. The Morgan fingerprint density at radius 2 is 1.87 bits per heavy atom. The molecule has 0 aromatic heterocycles. The number of aliphatic hydroxyl groups excluding tert-OH is 2. The van der Waals surface area contributed by atoms with Gasteiger partial charge in [-0.3, -0.25) is 19.7 Å². The first kappa shape index (κ1) is 22.1. The van der Waals surface area contributed by atoms with Gasteiger partial charge >= 0.3 is 0 Å². The van der Waals surface area contributed by atoms with E-state index in [0.717, 1.165) is 11.6 Å². The molecule has 2 N–H and O–H groups in total. The third kappa shape index (κ3) is 4.62. The summed E-state index contributed by atoms with van der Waals surface area (Å²) in [4.78, 5) is 37.4. The molecule has 1 heterocycles. The van der Waals surface area contributed by atoms with Crippen molar-refractivity contribution >= 4 is 23.1 Å². The lowest BCUT2D eigenvalue weighted by Gasteiger charge is -2.25. The number of nitro groups is 1. The summed E-state index contributed by atoms with van der Waals surface area (Å²) in [5.74, 6) is -2.16. The third-order valence-electron chi connectivity index (χ3n) is 4.98. The number of ether oxygens (including phenoxy) is 1. The number of hydrogen-bond donors (Lipinski definition) is 2. The Morgan fingerprint density at radius 3 is 2.52 bits per heavy atom. The number of likely N-dealkylation sites (tertiary alicyclic amines) is 1. The Labute approximate surface area is 178 Å². The number of benzene rings is 2. The van der Waals surface area contributed by atoms with Crippen molar-refractivity contribution in [1.82, 2.24) is 4.90 Å². The van der Waals surface area contributed by atoms with Crippen LogP contribution in [0, 0.1) is 17.0 Å². The first-order chi connectivity index (χ1) is 14.8. The Hall–Kier alpha value is -3.56. The summed E-state index contributed by atoms with van der Waals surface area (Å²) >= 11 is 0. The van der Waals surface area contributed by atoms with Crippen LogP contribution in [0.2, 0.25) is 0 Å². The number of non-ortho nitro benzene ring substituents is 1. The minimum atomic E-state index is -0.878. The number of Topliss-reactive ketones (excluding diaryl/α,β-unsaturated/α-hetero) is 1. The number of aryl methyl sites for hydroxylation is 1. The normalized spacial score (nSPS) is 17.9. The molecule has 1 aliphatic rings. The van der Waals surface area contributed by atoms with Crippen LogP contribution in [0.15, 0.2) is 54.1 Å². The predicted octanol–water partition coefficient (Wildman–Crippen LogP) is 2.33. The van der Waals surface area contributed by atoms with E-state index in [9.17, 15) is 24.8 Å². The highest BCUT2D eigenvalue weighted by atomic mass is 16.6. The first-order valence-electron chi connectivity index (χ1n) is 9.63. The van der Waals surface area contributed by atoms with Crippen LogP contribution in [0.25, 0.3) is 5.76 Å². The fourth-order valence-electron chi connectivity index (χ4n) is 3.46. The third-order valence-corrected chi connectivity index (χ3v) is 4.98. The molecule has 1 unspecified atom stereocenters. The highest BCUT2D eigenvalue weighted by Crippen LogP contribution is 2.39. The standard InChI is InChI=1S/C22H22N2O7/c1-14-5-7-15(8-6-14)19-18(20(26)16-3-2-4-17(13-16)24(29)30)21(27)22(28)23(19)9-11-31-12-10-25/h2-8,13,19,25-26H,9-12H2,1H3. The summed E-state index contributed by atoms with van der Waals surface area (Å²) in [7, 11) is 0. The molecule has 2 aromatic rings. The van der Waals surface area contributed by atoms with Crippen LogP contribution < -0.4 is 0 Å². The van der Waals surface area contributed by atoms with Gasteiger partial charge in [-0.05, 0) is 12.5 Å². The second kappa shape index (κ2) is 9.50. The Balaban J connectivity index is 2.09. The Bertz CT molecular complexity index is 1030. The van der Waals surface area contributed by atoms with Crippen molar-refractivity contribution in [2.24, 2.45) is 0 Å². The number of nitrogens with zero attached hydrogens (tertiary/aromatic N) is 2. The van der Waals surface area contributed by atoms with Gasteiger partial charge in [0.1, 0.15) is 5.76 Å². The summed E-state index contributed by atoms with van der Waals surface area (Å²) in [5.41, 5.74) is 1.27. The van der Waals surface area contributed by atoms with Crippen LogP contribution in [0.1, 0.15) is 22.7 Å². The molecule has 0 saturated carbocycles. The zero-order valence-corrected chi connectivity index (χ0v) is 16.9. The van der Waals surface area contributed by atoms with Gasteiger partial charge in [0, 0.05) is 24.2 Å². The molecule has 31 heavy (non-hydrogen) atoms. The van der Waals surface area contributed by atoms with E-state index in [2.05, 4.69) is 0 Å². The maximum Gasteiger partial charge on any atom is 0.295 e. The summed E-state index contributed by atoms with van der Waals surface area (Å²) in [5, 5.41) is 30.9. The van der Waals surface area contributed by atoms with Crippen molar-refractivity contribution in [1.29, 1.82) is 0 Å². The summed E-state index contributed by atoms with van der Waals surface area (Å²) in [6, 6.07) is 11.5. The maximum atomic E-state index is 12.9. The molecule has 0 spiro atoms. The number of rotatable bonds is 8. The van der Waals surface area contributed by atoms with Crippen LogP contribution in [0.5, 0.6) is 0 Å². The zero-order chi connectivity index (χ0) is 22.5. The Kier molecular flexibility index (Phi) is 6.78. The molecular weight excluding hydrogens is 404 g/mol. The van der Waals surface area contributed by atoms with Gasteiger partial charge in [-0.2, -0.15) is 0 Å². The molecule has 162 valence electrons. The first-order valence-corrected chi connectivity index (χ1v) is 9.63. The van der Waals surface area contributed by atoms with Gasteiger partial charge in [0.15, 0.2) is 0 Å². The Morgan fingerprint density at radius 1 is 1.16 bits per heavy atom. The van der Waals surface area contributed by atoms with Gasteiger partial charge in [0.25, 0.3) is 17.4 Å². The van der Waals surface area contributed by atoms with Gasteiger partial charge in [-0.1, -0.05) is 42.0 Å². The molecule has 9 nitrogen and oxygen atoms in total. The van der Waals surface area contributed by atoms with Crippen molar-refractivity contribution in [2.75, 3.05) is 26.4 Å². The predicted molar refractivity (Wildman–Crippen MR) is 111 cm³/mol. The van der Waals surface area contributed by atoms with Crippen molar-refractivity contribution in [2.45, 2.75) is 13.0 Å². The van der Waals surface area contributed by atoms with Gasteiger partial charge in [0.2, 0.25) is 0 Å². The molecule has 3 rings (SSSR count). The monoisotopic (exact) mass is 426 g/mol. The lowest BCUT2D eigenvalue weighted by atomic mass is 9.94. The summed E-state index contributed by atoms with van der Waals surface area (Å²) in [6.45, 7) is 1.97. The highest BCUT2D eigenvalue weighted by Gasteiger charge is 2.45. The van der Waals surface area contributed by atoms with Crippen LogP contribution in [0.3, 0.4) is 0 Å². The quantitative estimate of drug-likeness (QED) is 0.165. The van der Waals surface area contributed by atoms with Gasteiger partial charge in [0.05, 0.1) is 36.4 Å². The molecule has 0 bridgehead atoms. The minimum Gasteiger partial charge on any atom is -0.507 e. The number of carbonyl (C=O) groups is 2. The van der Waals surface area contributed by atoms with Crippen LogP contribution in [-0.2, 0) is 14.3 Å². The van der Waals surface area contributed by atoms with Crippen LogP contribution in [0.4, 0.5) is 5.69 Å².